The fraction of sp³-hybridized carbons (Fsp3) is 0.0769. The number of amides is 2. The van der Waals surface area contributed by atoms with Gasteiger partial charge in [-0.1, -0.05) is 29.3 Å². The molecule has 0 aliphatic heterocycles. The molecule has 0 radical (unpaired) electrons. The van der Waals surface area contributed by atoms with Crippen molar-refractivity contribution < 1.29 is 4.79 Å². The fourth-order valence-corrected chi connectivity index (χ4v) is 1.73. The number of nitrogens with one attached hydrogen (secondary N) is 2. The van der Waals surface area contributed by atoms with Crippen molar-refractivity contribution in [2.24, 2.45) is 0 Å². The van der Waals surface area contributed by atoms with E-state index in [0.717, 1.165) is 5.56 Å². The molecule has 1 aromatic heterocycles. The summed E-state index contributed by atoms with van der Waals surface area (Å²) in [7, 11) is 0. The third kappa shape index (κ3) is 3.84. The van der Waals surface area contributed by atoms with E-state index < -0.39 is 0 Å². The van der Waals surface area contributed by atoms with Crippen LogP contribution in [0.4, 0.5) is 16.3 Å². The van der Waals surface area contributed by atoms with Gasteiger partial charge in [-0.2, -0.15) is 0 Å². The van der Waals surface area contributed by atoms with Gasteiger partial charge in [0.1, 0.15) is 5.82 Å². The summed E-state index contributed by atoms with van der Waals surface area (Å²) >= 11 is 11.6. The maximum atomic E-state index is 11.8. The molecule has 0 atom stereocenters. The molecule has 0 aliphatic carbocycles. The Morgan fingerprint density at radius 1 is 1.11 bits per heavy atom. The second kappa shape index (κ2) is 5.91. The number of pyridine rings is 1. The van der Waals surface area contributed by atoms with Crippen molar-refractivity contribution in [1.82, 2.24) is 4.98 Å². The van der Waals surface area contributed by atoms with Crippen molar-refractivity contribution in [2.75, 3.05) is 10.6 Å². The van der Waals surface area contributed by atoms with Gasteiger partial charge in [-0.25, -0.2) is 9.78 Å². The zero-order chi connectivity index (χ0) is 13.8. The molecule has 0 fully saturated rings. The van der Waals surface area contributed by atoms with E-state index in [9.17, 15) is 4.79 Å². The van der Waals surface area contributed by atoms with E-state index in [2.05, 4.69) is 15.6 Å². The van der Waals surface area contributed by atoms with E-state index in [1.54, 1.807) is 24.3 Å². The minimum absolute atomic E-state index is 0.389. The number of urea groups is 1. The Hall–Kier alpha value is -1.78. The number of carbonyl (C=O) groups is 1. The van der Waals surface area contributed by atoms with Crippen LogP contribution >= 0.6 is 23.2 Å². The molecule has 0 unspecified atom stereocenters. The van der Waals surface area contributed by atoms with E-state index in [-0.39, 0.29) is 6.03 Å². The number of aryl methyl sites for hydroxylation is 1. The highest BCUT2D eigenvalue weighted by Gasteiger charge is 2.06. The van der Waals surface area contributed by atoms with Gasteiger partial charge in [0.25, 0.3) is 0 Å². The van der Waals surface area contributed by atoms with Gasteiger partial charge in [-0.15, -0.1) is 0 Å². The molecule has 6 heteroatoms. The monoisotopic (exact) mass is 295 g/mol. The summed E-state index contributed by atoms with van der Waals surface area (Å²) in [6.07, 6.45) is 1.46. The lowest BCUT2D eigenvalue weighted by molar-refractivity contribution is 0.262. The highest BCUT2D eigenvalue weighted by atomic mass is 35.5. The van der Waals surface area contributed by atoms with Gasteiger partial charge in [0.2, 0.25) is 0 Å². The van der Waals surface area contributed by atoms with Gasteiger partial charge >= 0.3 is 6.03 Å². The molecule has 0 saturated heterocycles. The van der Waals surface area contributed by atoms with E-state index in [0.29, 0.717) is 21.6 Å². The van der Waals surface area contributed by atoms with Crippen molar-refractivity contribution in [3.63, 3.8) is 0 Å². The molecule has 2 aromatic rings. The first-order valence-corrected chi connectivity index (χ1v) is 6.26. The predicted octanol–water partition coefficient (Wildman–Crippen LogP) is 4.34. The molecule has 0 bridgehead atoms. The molecule has 0 spiro atoms. The van der Waals surface area contributed by atoms with Crippen LogP contribution in [0.3, 0.4) is 0 Å². The number of hydrogen-bond acceptors (Lipinski definition) is 2. The summed E-state index contributed by atoms with van der Waals surface area (Å²) in [5.74, 6) is 0.418. The minimum Gasteiger partial charge on any atom is -0.307 e. The first kappa shape index (κ1) is 13.6. The number of nitrogens with zero attached hydrogens (tertiary/aromatic N) is 1. The number of aromatic nitrogens is 1. The Morgan fingerprint density at radius 3 is 2.53 bits per heavy atom. The Labute approximate surface area is 120 Å². The van der Waals surface area contributed by atoms with E-state index in [1.807, 2.05) is 13.0 Å². The van der Waals surface area contributed by atoms with Gasteiger partial charge in [0.05, 0.1) is 5.02 Å². The number of benzene rings is 1. The summed E-state index contributed by atoms with van der Waals surface area (Å²) in [6, 6.07) is 8.16. The number of carbonyl (C=O) groups excluding carboxylic acids is 1. The first-order valence-electron chi connectivity index (χ1n) is 5.50. The number of halogens is 2. The lowest BCUT2D eigenvalue weighted by atomic mass is 10.2. The molecular weight excluding hydrogens is 285 g/mol. The number of rotatable bonds is 2. The zero-order valence-electron chi connectivity index (χ0n) is 10.1. The largest absolute Gasteiger partial charge is 0.324 e. The van der Waals surface area contributed by atoms with E-state index in [4.69, 9.17) is 23.2 Å². The second-order valence-corrected chi connectivity index (χ2v) is 4.77. The first-order chi connectivity index (χ1) is 9.04. The second-order valence-electron chi connectivity index (χ2n) is 3.90. The van der Waals surface area contributed by atoms with E-state index in [1.165, 1.54) is 6.20 Å². The van der Waals surface area contributed by atoms with Gasteiger partial charge in [0.15, 0.2) is 0 Å². The van der Waals surface area contributed by atoms with Crippen LogP contribution in [-0.2, 0) is 0 Å². The SMILES string of the molecule is Cc1ccc(Cl)cc1NC(=O)Nc1ccc(Cl)cn1. The highest BCUT2D eigenvalue weighted by Crippen LogP contribution is 2.20. The van der Waals surface area contributed by atoms with E-state index >= 15 is 0 Å². The lowest BCUT2D eigenvalue weighted by Gasteiger charge is -2.09. The Bertz CT molecular complexity index is 599. The summed E-state index contributed by atoms with van der Waals surface area (Å²) in [6.45, 7) is 1.88. The molecule has 0 saturated carbocycles. The van der Waals surface area contributed by atoms with Crippen LogP contribution in [-0.4, -0.2) is 11.0 Å². The van der Waals surface area contributed by atoms with Gasteiger partial charge < -0.3 is 5.32 Å². The molecule has 2 rings (SSSR count). The highest BCUT2D eigenvalue weighted by molar-refractivity contribution is 6.31. The molecule has 2 amide bonds. The van der Waals surface area contributed by atoms with Crippen molar-refractivity contribution in [3.05, 3.63) is 52.1 Å². The Kier molecular flexibility index (Phi) is 4.24. The third-order valence-electron chi connectivity index (χ3n) is 2.42. The van der Waals surface area contributed by atoms with Gasteiger partial charge in [0, 0.05) is 16.9 Å². The Balaban J connectivity index is 2.05. The quantitative estimate of drug-likeness (QED) is 0.866. The number of hydrogen-bond donors (Lipinski definition) is 2. The average molecular weight is 296 g/mol. The molecular formula is C13H11Cl2N3O. The average Bonchev–Trinajstić information content (AvgIpc) is 2.37. The predicted molar refractivity (Wildman–Crippen MR) is 78.1 cm³/mol. The molecule has 98 valence electrons. The van der Waals surface area contributed by atoms with Crippen molar-refractivity contribution in [1.29, 1.82) is 0 Å². The van der Waals surface area contributed by atoms with Crippen LogP contribution in [0.15, 0.2) is 36.5 Å². The van der Waals surface area contributed by atoms with Crippen LogP contribution in [0.1, 0.15) is 5.56 Å². The maximum absolute atomic E-state index is 11.8. The van der Waals surface area contributed by atoms with Crippen LogP contribution in [0, 0.1) is 6.92 Å². The molecule has 1 aromatic carbocycles. The van der Waals surface area contributed by atoms with Crippen LogP contribution in [0.5, 0.6) is 0 Å². The summed E-state index contributed by atoms with van der Waals surface area (Å²) < 4.78 is 0. The van der Waals surface area contributed by atoms with Gasteiger partial charge in [-0.05, 0) is 36.8 Å². The fourth-order valence-electron chi connectivity index (χ4n) is 1.45. The van der Waals surface area contributed by atoms with Crippen LogP contribution in [0.2, 0.25) is 10.0 Å². The smallest absolute Gasteiger partial charge is 0.307 e. The minimum atomic E-state index is -0.389. The van der Waals surface area contributed by atoms with Crippen LogP contribution < -0.4 is 10.6 Å². The van der Waals surface area contributed by atoms with Crippen LogP contribution in [0.25, 0.3) is 0 Å². The third-order valence-corrected chi connectivity index (χ3v) is 2.88. The molecule has 4 nitrogen and oxygen atoms in total. The van der Waals surface area contributed by atoms with Gasteiger partial charge in [-0.3, -0.25) is 5.32 Å². The molecule has 19 heavy (non-hydrogen) atoms. The lowest BCUT2D eigenvalue weighted by Crippen LogP contribution is -2.20. The maximum Gasteiger partial charge on any atom is 0.324 e. The summed E-state index contributed by atoms with van der Waals surface area (Å²) in [5.41, 5.74) is 1.57. The van der Waals surface area contributed by atoms with Crippen molar-refractivity contribution >= 4 is 40.7 Å². The Morgan fingerprint density at radius 2 is 1.84 bits per heavy atom. The topological polar surface area (TPSA) is 54.0 Å². The standard InChI is InChI=1S/C13H11Cl2N3O/c1-8-2-3-9(14)6-11(8)17-13(19)18-12-5-4-10(15)7-16-12/h2-7H,1H3,(H2,16,17,18,19). The van der Waals surface area contributed by atoms with Crippen molar-refractivity contribution in [3.8, 4) is 0 Å². The molecule has 0 aliphatic rings. The zero-order valence-corrected chi connectivity index (χ0v) is 11.6. The summed E-state index contributed by atoms with van der Waals surface area (Å²) in [5, 5.41) is 6.38. The van der Waals surface area contributed by atoms with Crippen molar-refractivity contribution in [2.45, 2.75) is 6.92 Å². The molecule has 2 N–H and O–H groups in total. The normalized spacial score (nSPS) is 10.1. The number of anilines is 2. The molecule has 1 heterocycles. The summed E-state index contributed by atoms with van der Waals surface area (Å²) in [4.78, 5) is 15.8.